The van der Waals surface area contributed by atoms with Crippen molar-refractivity contribution in [3.63, 3.8) is 0 Å². The van der Waals surface area contributed by atoms with Gasteiger partial charge in [-0.2, -0.15) is 5.10 Å². The molecule has 0 bridgehead atoms. The fourth-order valence-electron chi connectivity index (χ4n) is 1.01. The molecule has 0 atom stereocenters. The van der Waals surface area contributed by atoms with E-state index in [1.165, 1.54) is 0 Å². The number of benzene rings is 1. The van der Waals surface area contributed by atoms with Crippen molar-refractivity contribution in [2.24, 2.45) is 0 Å². The molecule has 2 nitrogen and oxygen atoms in total. The number of halogens is 2. The number of nitrogens with one attached hydrogen (secondary N) is 1. The Morgan fingerprint density at radius 1 is 1.14 bits per heavy atom. The summed E-state index contributed by atoms with van der Waals surface area (Å²) in [5, 5.41) is 7.84. The Bertz CT molecular complexity index is 408. The first-order valence-electron chi connectivity index (χ1n) is 3.87. The fraction of sp³-hybridized carbons (Fsp3) is 0. The van der Waals surface area contributed by atoms with Gasteiger partial charge in [0, 0.05) is 20.0 Å². The van der Waals surface area contributed by atoms with Crippen LogP contribution in [0.15, 0.2) is 49.3 Å². The van der Waals surface area contributed by atoms with Gasteiger partial charge >= 0.3 is 0 Å². The summed E-state index contributed by atoms with van der Waals surface area (Å²) in [7, 11) is 0. The molecular weight excluding hydrogens is 328 g/mol. The van der Waals surface area contributed by atoms with Crippen molar-refractivity contribution in [2.75, 3.05) is 0 Å². The summed E-state index contributed by atoms with van der Waals surface area (Å²) >= 11 is 8.54. The van der Waals surface area contributed by atoms with Gasteiger partial charge in [-0.3, -0.25) is 5.10 Å². The average molecular weight is 334 g/mol. The Hall–Kier alpha value is -0.260. The summed E-state index contributed by atoms with van der Waals surface area (Å²) < 4.78 is 2.13. The minimum Gasteiger partial charge on any atom is -0.272 e. The van der Waals surface area contributed by atoms with Gasteiger partial charge in [0.15, 0.2) is 0 Å². The van der Waals surface area contributed by atoms with Crippen LogP contribution in [-0.4, -0.2) is 10.2 Å². The molecule has 2 aromatic rings. The van der Waals surface area contributed by atoms with E-state index in [-0.39, 0.29) is 0 Å². The smallest absolute Gasteiger partial charge is 0.0955 e. The van der Waals surface area contributed by atoms with E-state index in [9.17, 15) is 0 Å². The van der Waals surface area contributed by atoms with E-state index >= 15 is 0 Å². The molecule has 0 fully saturated rings. The molecule has 1 N–H and O–H groups in total. The lowest BCUT2D eigenvalue weighted by atomic mass is 10.4. The summed E-state index contributed by atoms with van der Waals surface area (Å²) in [6.07, 6.45) is 1.75. The molecule has 72 valence electrons. The summed E-state index contributed by atoms with van der Waals surface area (Å²) in [4.78, 5) is 1.16. The zero-order valence-electron chi connectivity index (χ0n) is 7.00. The highest BCUT2D eigenvalue weighted by molar-refractivity contribution is 9.11. The van der Waals surface area contributed by atoms with E-state index in [4.69, 9.17) is 0 Å². The maximum Gasteiger partial charge on any atom is 0.0955 e. The zero-order valence-corrected chi connectivity index (χ0v) is 11.0. The Morgan fingerprint density at radius 3 is 2.43 bits per heavy atom. The highest BCUT2D eigenvalue weighted by Gasteiger charge is 2.00. The van der Waals surface area contributed by atoms with E-state index in [1.807, 2.05) is 12.1 Å². The Labute approximate surface area is 103 Å². The van der Waals surface area contributed by atoms with Crippen molar-refractivity contribution in [3.8, 4) is 0 Å². The van der Waals surface area contributed by atoms with Crippen LogP contribution in [0.25, 0.3) is 0 Å². The molecule has 1 aromatic carbocycles. The number of rotatable bonds is 2. The number of aromatic amines is 1. The zero-order chi connectivity index (χ0) is 9.97. The van der Waals surface area contributed by atoms with Gasteiger partial charge < -0.3 is 0 Å². The van der Waals surface area contributed by atoms with Crippen molar-refractivity contribution < 1.29 is 0 Å². The summed E-state index contributed by atoms with van der Waals surface area (Å²) in [5.41, 5.74) is 0. The van der Waals surface area contributed by atoms with Crippen LogP contribution in [0.1, 0.15) is 0 Å². The molecule has 0 aliphatic carbocycles. The molecule has 0 aliphatic heterocycles. The maximum atomic E-state index is 3.89. The van der Waals surface area contributed by atoms with E-state index in [1.54, 1.807) is 18.0 Å². The second-order valence-electron chi connectivity index (χ2n) is 2.63. The van der Waals surface area contributed by atoms with Gasteiger partial charge in [-0.05, 0) is 24.3 Å². The molecule has 0 radical (unpaired) electrons. The molecule has 2 rings (SSSR count). The normalized spacial score (nSPS) is 10.4. The number of aromatic nitrogens is 2. The lowest BCUT2D eigenvalue weighted by Crippen LogP contribution is -1.75. The SMILES string of the molecule is Brc1cc(Br)cc(Sc2ccn[nH]2)c1. The van der Waals surface area contributed by atoms with Gasteiger partial charge in [-0.25, -0.2) is 0 Å². The van der Waals surface area contributed by atoms with Crippen molar-refractivity contribution >= 4 is 43.6 Å². The van der Waals surface area contributed by atoms with Crippen molar-refractivity contribution in [3.05, 3.63) is 39.4 Å². The molecule has 0 saturated heterocycles. The van der Waals surface area contributed by atoms with E-state index in [0.717, 1.165) is 18.9 Å². The second-order valence-corrected chi connectivity index (χ2v) is 5.57. The Balaban J connectivity index is 2.25. The average Bonchev–Trinajstić information content (AvgIpc) is 2.54. The summed E-state index contributed by atoms with van der Waals surface area (Å²) in [5.74, 6) is 0. The van der Waals surface area contributed by atoms with Crippen molar-refractivity contribution in [2.45, 2.75) is 9.92 Å². The van der Waals surface area contributed by atoms with Gasteiger partial charge in [0.05, 0.1) is 5.03 Å². The van der Waals surface area contributed by atoms with Crippen LogP contribution in [0.2, 0.25) is 0 Å². The molecule has 0 unspecified atom stereocenters. The predicted octanol–water partition coefficient (Wildman–Crippen LogP) is 4.09. The molecule has 0 saturated carbocycles. The number of H-pyrrole nitrogens is 1. The van der Waals surface area contributed by atoms with Crippen LogP contribution < -0.4 is 0 Å². The first-order valence-corrected chi connectivity index (χ1v) is 6.27. The first-order chi connectivity index (χ1) is 6.74. The standard InChI is InChI=1S/C9H6Br2N2S/c10-6-3-7(11)5-8(4-6)14-9-1-2-12-13-9/h1-5H,(H,12,13). The van der Waals surface area contributed by atoms with Gasteiger partial charge in [0.2, 0.25) is 0 Å². The summed E-state index contributed by atoms with van der Waals surface area (Å²) in [6, 6.07) is 8.09. The topological polar surface area (TPSA) is 28.7 Å². The van der Waals surface area contributed by atoms with E-state index < -0.39 is 0 Å². The summed E-state index contributed by atoms with van der Waals surface area (Å²) in [6.45, 7) is 0. The highest BCUT2D eigenvalue weighted by atomic mass is 79.9. The van der Waals surface area contributed by atoms with Crippen LogP contribution in [0.5, 0.6) is 0 Å². The monoisotopic (exact) mass is 332 g/mol. The molecule has 1 heterocycles. The minimum absolute atomic E-state index is 1.04. The largest absolute Gasteiger partial charge is 0.272 e. The first kappa shape index (κ1) is 10.3. The van der Waals surface area contributed by atoms with Gasteiger partial charge in [0.1, 0.15) is 0 Å². The van der Waals surface area contributed by atoms with Gasteiger partial charge in [0.25, 0.3) is 0 Å². The Morgan fingerprint density at radius 2 is 1.86 bits per heavy atom. The van der Waals surface area contributed by atoms with Crippen molar-refractivity contribution in [1.82, 2.24) is 10.2 Å². The molecular formula is C9H6Br2N2S. The van der Waals surface area contributed by atoms with Crippen LogP contribution in [0, 0.1) is 0 Å². The third-order valence-corrected chi connectivity index (χ3v) is 3.37. The fourth-order valence-corrected chi connectivity index (χ4v) is 3.46. The van der Waals surface area contributed by atoms with Crippen LogP contribution in [0.4, 0.5) is 0 Å². The van der Waals surface area contributed by atoms with Crippen LogP contribution >= 0.6 is 43.6 Å². The maximum absolute atomic E-state index is 3.89. The third kappa shape index (κ3) is 2.62. The van der Waals surface area contributed by atoms with E-state index in [0.29, 0.717) is 0 Å². The van der Waals surface area contributed by atoms with Crippen LogP contribution in [-0.2, 0) is 0 Å². The number of nitrogens with zero attached hydrogens (tertiary/aromatic N) is 1. The van der Waals surface area contributed by atoms with Crippen LogP contribution in [0.3, 0.4) is 0 Å². The highest BCUT2D eigenvalue weighted by Crippen LogP contribution is 2.30. The molecule has 0 aliphatic rings. The third-order valence-electron chi connectivity index (χ3n) is 1.54. The van der Waals surface area contributed by atoms with Crippen molar-refractivity contribution in [1.29, 1.82) is 0 Å². The lowest BCUT2D eigenvalue weighted by Gasteiger charge is -2.00. The van der Waals surface area contributed by atoms with Gasteiger partial charge in [-0.1, -0.05) is 43.6 Å². The quantitative estimate of drug-likeness (QED) is 0.896. The molecule has 14 heavy (non-hydrogen) atoms. The molecule has 0 amide bonds. The second kappa shape index (κ2) is 4.51. The Kier molecular flexibility index (Phi) is 3.30. The minimum atomic E-state index is 1.04. The molecule has 5 heteroatoms. The number of hydrogen-bond donors (Lipinski definition) is 1. The van der Waals surface area contributed by atoms with Gasteiger partial charge in [-0.15, -0.1) is 0 Å². The van der Waals surface area contributed by atoms with E-state index in [2.05, 4.69) is 54.2 Å². The molecule has 1 aromatic heterocycles. The molecule has 0 spiro atoms. The number of hydrogen-bond acceptors (Lipinski definition) is 2. The predicted molar refractivity (Wildman–Crippen MR) is 64.6 cm³/mol. The lowest BCUT2D eigenvalue weighted by molar-refractivity contribution is 1.00.